The van der Waals surface area contributed by atoms with Gasteiger partial charge in [-0.15, -0.1) is 10.2 Å². The number of ether oxygens (including phenoxy) is 1. The van der Waals surface area contributed by atoms with Crippen LogP contribution in [0.1, 0.15) is 13.3 Å². The van der Waals surface area contributed by atoms with Gasteiger partial charge in [0.05, 0.1) is 0 Å². The maximum Gasteiger partial charge on any atom is 0.193 e. The Morgan fingerprint density at radius 1 is 1.33 bits per heavy atom. The van der Waals surface area contributed by atoms with E-state index in [0.717, 1.165) is 19.5 Å². The molecule has 0 unspecified atom stereocenters. The number of hydrogen-bond acceptors (Lipinski definition) is 4. The van der Waals surface area contributed by atoms with Crippen LogP contribution in [-0.2, 0) is 0 Å². The van der Waals surface area contributed by atoms with Crippen molar-refractivity contribution >= 4 is 23.2 Å². The maximum atomic E-state index is 5.76. The molecule has 0 aliphatic rings. The molecule has 0 radical (unpaired) electrons. The number of halogens is 2. The molecule has 0 bridgehead atoms. The monoisotopic (exact) mass is 249 g/mol. The summed E-state index contributed by atoms with van der Waals surface area (Å²) < 4.78 is 5.38. The van der Waals surface area contributed by atoms with E-state index in [0.29, 0.717) is 12.4 Å². The summed E-state index contributed by atoms with van der Waals surface area (Å²) in [5.41, 5.74) is 0. The van der Waals surface area contributed by atoms with Crippen LogP contribution in [0.2, 0.25) is 10.3 Å². The summed E-state index contributed by atoms with van der Waals surface area (Å²) in [6.07, 6.45) is 1.10. The highest BCUT2D eigenvalue weighted by Crippen LogP contribution is 2.22. The number of rotatable bonds is 6. The van der Waals surface area contributed by atoms with Crippen LogP contribution in [0, 0.1) is 0 Å². The van der Waals surface area contributed by atoms with Crippen molar-refractivity contribution in [1.82, 2.24) is 15.5 Å². The molecule has 1 heterocycles. The van der Waals surface area contributed by atoms with Crippen molar-refractivity contribution in [3.8, 4) is 5.75 Å². The zero-order valence-corrected chi connectivity index (χ0v) is 9.98. The van der Waals surface area contributed by atoms with E-state index in [2.05, 4.69) is 22.4 Å². The van der Waals surface area contributed by atoms with Gasteiger partial charge in [0.15, 0.2) is 16.1 Å². The molecule has 0 amide bonds. The van der Waals surface area contributed by atoms with Gasteiger partial charge < -0.3 is 10.1 Å². The number of hydrogen-bond donors (Lipinski definition) is 1. The highest BCUT2D eigenvalue weighted by atomic mass is 35.5. The van der Waals surface area contributed by atoms with Gasteiger partial charge >= 0.3 is 0 Å². The van der Waals surface area contributed by atoms with Crippen molar-refractivity contribution in [3.63, 3.8) is 0 Å². The molecule has 1 rings (SSSR count). The van der Waals surface area contributed by atoms with Gasteiger partial charge in [-0.1, -0.05) is 30.1 Å². The molecule has 1 N–H and O–H groups in total. The Balaban J connectivity index is 2.33. The van der Waals surface area contributed by atoms with Crippen molar-refractivity contribution in [3.05, 3.63) is 16.4 Å². The minimum absolute atomic E-state index is 0.231. The highest BCUT2D eigenvalue weighted by molar-refractivity contribution is 6.32. The van der Waals surface area contributed by atoms with E-state index in [1.807, 2.05) is 0 Å². The van der Waals surface area contributed by atoms with E-state index < -0.39 is 0 Å². The van der Waals surface area contributed by atoms with Crippen LogP contribution >= 0.6 is 23.2 Å². The minimum Gasteiger partial charge on any atom is -0.489 e. The van der Waals surface area contributed by atoms with Crippen molar-refractivity contribution in [2.75, 3.05) is 19.7 Å². The average molecular weight is 250 g/mol. The molecule has 0 aliphatic heterocycles. The lowest BCUT2D eigenvalue weighted by molar-refractivity contribution is 0.312. The first-order valence-corrected chi connectivity index (χ1v) is 5.52. The van der Waals surface area contributed by atoms with Crippen LogP contribution in [0.4, 0.5) is 0 Å². The van der Waals surface area contributed by atoms with E-state index >= 15 is 0 Å². The third kappa shape index (κ3) is 4.64. The molecule has 84 valence electrons. The van der Waals surface area contributed by atoms with Gasteiger partial charge in [-0.3, -0.25) is 0 Å². The van der Waals surface area contributed by atoms with Crippen LogP contribution < -0.4 is 10.1 Å². The molecule has 0 aromatic carbocycles. The fourth-order valence-corrected chi connectivity index (χ4v) is 1.26. The summed E-state index contributed by atoms with van der Waals surface area (Å²) in [7, 11) is 0. The standard InChI is InChI=1S/C9H13Cl2N3O/c1-2-3-12-4-5-15-7-6-8(10)13-14-9(7)11/h6,12H,2-5H2,1H3. The molecule has 0 saturated heterocycles. The predicted octanol–water partition coefficient (Wildman–Crippen LogP) is 2.16. The van der Waals surface area contributed by atoms with Crippen molar-refractivity contribution < 1.29 is 4.74 Å². The van der Waals surface area contributed by atoms with E-state index in [1.165, 1.54) is 0 Å². The molecule has 0 fully saturated rings. The van der Waals surface area contributed by atoms with Gasteiger partial charge in [-0.25, -0.2) is 0 Å². The van der Waals surface area contributed by atoms with Gasteiger partial charge in [0, 0.05) is 12.6 Å². The van der Waals surface area contributed by atoms with Gasteiger partial charge in [-0.2, -0.15) is 0 Å². The summed E-state index contributed by atoms with van der Waals surface area (Å²) in [5.74, 6) is 0.468. The average Bonchev–Trinajstić information content (AvgIpc) is 2.23. The number of nitrogens with one attached hydrogen (secondary N) is 1. The lowest BCUT2D eigenvalue weighted by Gasteiger charge is -2.07. The molecule has 0 saturated carbocycles. The van der Waals surface area contributed by atoms with Crippen molar-refractivity contribution in [2.45, 2.75) is 13.3 Å². The topological polar surface area (TPSA) is 47.0 Å². The second-order valence-corrected chi connectivity index (χ2v) is 3.67. The van der Waals surface area contributed by atoms with Gasteiger partial charge in [0.1, 0.15) is 6.61 Å². The second-order valence-electron chi connectivity index (χ2n) is 2.92. The van der Waals surface area contributed by atoms with Gasteiger partial charge in [0.25, 0.3) is 0 Å². The van der Waals surface area contributed by atoms with Gasteiger partial charge in [-0.05, 0) is 13.0 Å². The molecule has 6 heteroatoms. The molecule has 15 heavy (non-hydrogen) atoms. The van der Waals surface area contributed by atoms with Crippen LogP contribution in [0.25, 0.3) is 0 Å². The fourth-order valence-electron chi connectivity index (χ4n) is 0.974. The summed E-state index contributed by atoms with van der Waals surface area (Å²) in [6.45, 7) is 4.38. The first-order chi connectivity index (χ1) is 7.24. The van der Waals surface area contributed by atoms with Gasteiger partial charge in [0.2, 0.25) is 0 Å². The van der Waals surface area contributed by atoms with Crippen LogP contribution in [0.15, 0.2) is 6.07 Å². The molecule has 0 aliphatic carbocycles. The summed E-state index contributed by atoms with van der Waals surface area (Å²) >= 11 is 11.4. The summed E-state index contributed by atoms with van der Waals surface area (Å²) in [6, 6.07) is 1.55. The Morgan fingerprint density at radius 2 is 2.13 bits per heavy atom. The highest BCUT2D eigenvalue weighted by Gasteiger charge is 2.04. The maximum absolute atomic E-state index is 5.76. The van der Waals surface area contributed by atoms with Crippen LogP contribution in [0.3, 0.4) is 0 Å². The molecule has 4 nitrogen and oxygen atoms in total. The first kappa shape index (κ1) is 12.5. The third-order valence-electron chi connectivity index (χ3n) is 1.65. The predicted molar refractivity (Wildman–Crippen MR) is 60.7 cm³/mol. The summed E-state index contributed by atoms with van der Waals surface area (Å²) in [4.78, 5) is 0. The van der Waals surface area contributed by atoms with Crippen LogP contribution in [0.5, 0.6) is 5.75 Å². The largest absolute Gasteiger partial charge is 0.489 e. The zero-order valence-electron chi connectivity index (χ0n) is 8.46. The number of aromatic nitrogens is 2. The second kappa shape index (κ2) is 6.82. The normalized spacial score (nSPS) is 10.3. The Morgan fingerprint density at radius 3 is 2.87 bits per heavy atom. The van der Waals surface area contributed by atoms with Crippen molar-refractivity contribution in [2.24, 2.45) is 0 Å². The quantitative estimate of drug-likeness (QED) is 0.786. The third-order valence-corrected chi connectivity index (χ3v) is 2.10. The summed E-state index contributed by atoms with van der Waals surface area (Å²) in [5, 5.41) is 10.9. The Bertz CT molecular complexity index is 309. The van der Waals surface area contributed by atoms with E-state index in [4.69, 9.17) is 27.9 Å². The Kier molecular flexibility index (Phi) is 5.68. The van der Waals surface area contributed by atoms with E-state index in [9.17, 15) is 0 Å². The Labute approximate surface area is 98.9 Å². The fraction of sp³-hybridized carbons (Fsp3) is 0.556. The first-order valence-electron chi connectivity index (χ1n) is 4.76. The molecule has 0 atom stereocenters. The molecular weight excluding hydrogens is 237 g/mol. The minimum atomic E-state index is 0.231. The van der Waals surface area contributed by atoms with E-state index in [-0.39, 0.29) is 10.3 Å². The Hall–Kier alpha value is -0.580. The molecule has 1 aromatic heterocycles. The number of nitrogens with zero attached hydrogens (tertiary/aromatic N) is 2. The van der Waals surface area contributed by atoms with Crippen molar-refractivity contribution in [1.29, 1.82) is 0 Å². The van der Waals surface area contributed by atoms with E-state index in [1.54, 1.807) is 6.07 Å². The molecule has 1 aromatic rings. The SMILES string of the molecule is CCCNCCOc1cc(Cl)nnc1Cl. The van der Waals surface area contributed by atoms with Crippen LogP contribution in [-0.4, -0.2) is 29.9 Å². The smallest absolute Gasteiger partial charge is 0.193 e. The molecule has 0 spiro atoms. The lowest BCUT2D eigenvalue weighted by Crippen LogP contribution is -2.21. The lowest BCUT2D eigenvalue weighted by atomic mass is 10.5. The zero-order chi connectivity index (χ0) is 11.1. The molecular formula is C9H13Cl2N3O.